The number of nitrogens with one attached hydrogen (secondary N) is 1. The molecule has 0 aliphatic rings. The predicted octanol–water partition coefficient (Wildman–Crippen LogP) is 2.12. The number of hydrogen-bond donors (Lipinski definition) is 2. The van der Waals surface area contributed by atoms with Crippen LogP contribution in [0.5, 0.6) is 11.6 Å². The van der Waals surface area contributed by atoms with Crippen LogP contribution < -0.4 is 16.0 Å². The van der Waals surface area contributed by atoms with E-state index in [1.165, 1.54) is 0 Å². The summed E-state index contributed by atoms with van der Waals surface area (Å²) in [7, 11) is 0. The maximum atomic E-state index is 5.70. The average molecular weight is 230 g/mol. The molecule has 2 rings (SSSR count). The average Bonchev–Trinajstić information content (AvgIpc) is 2.39. The number of anilines is 1. The first-order valence-electron chi connectivity index (χ1n) is 5.39. The lowest BCUT2D eigenvalue weighted by Gasteiger charge is -2.09. The van der Waals surface area contributed by atoms with Crippen molar-refractivity contribution in [2.75, 3.05) is 5.43 Å². The van der Waals surface area contributed by atoms with Crippen LogP contribution in [-0.4, -0.2) is 9.97 Å². The predicted molar refractivity (Wildman–Crippen MR) is 65.7 cm³/mol. The van der Waals surface area contributed by atoms with Gasteiger partial charge < -0.3 is 4.74 Å². The number of aryl methyl sites for hydroxylation is 1. The lowest BCUT2D eigenvalue weighted by atomic mass is 10.1. The Morgan fingerprint density at radius 3 is 2.88 bits per heavy atom. The van der Waals surface area contributed by atoms with Crippen LogP contribution in [0.3, 0.4) is 0 Å². The molecule has 0 atom stereocenters. The molecule has 0 bridgehead atoms. The van der Waals surface area contributed by atoms with E-state index in [-0.39, 0.29) is 0 Å². The van der Waals surface area contributed by atoms with E-state index in [1.807, 2.05) is 24.3 Å². The van der Waals surface area contributed by atoms with Gasteiger partial charge in [-0.1, -0.05) is 25.1 Å². The van der Waals surface area contributed by atoms with Crippen molar-refractivity contribution in [3.05, 3.63) is 42.1 Å². The Morgan fingerprint density at radius 2 is 2.12 bits per heavy atom. The Hall–Kier alpha value is -2.14. The molecule has 5 nitrogen and oxygen atoms in total. The molecule has 1 aromatic heterocycles. The minimum atomic E-state index is 0.330. The van der Waals surface area contributed by atoms with Crippen LogP contribution in [-0.2, 0) is 6.42 Å². The molecule has 0 unspecified atom stereocenters. The quantitative estimate of drug-likeness (QED) is 0.621. The molecule has 0 radical (unpaired) electrons. The SMILES string of the molecule is CCc1ccccc1Oc1ccnc(NN)n1. The van der Waals surface area contributed by atoms with Crippen molar-refractivity contribution >= 4 is 5.95 Å². The molecular weight excluding hydrogens is 216 g/mol. The van der Waals surface area contributed by atoms with Crippen LogP contribution in [0.4, 0.5) is 5.95 Å². The highest BCUT2D eigenvalue weighted by molar-refractivity contribution is 5.36. The minimum absolute atomic E-state index is 0.330. The molecule has 0 aliphatic carbocycles. The first kappa shape index (κ1) is 11.3. The third-order valence-corrected chi connectivity index (χ3v) is 2.33. The number of hydrogen-bond acceptors (Lipinski definition) is 5. The van der Waals surface area contributed by atoms with Gasteiger partial charge in [-0.15, -0.1) is 0 Å². The third kappa shape index (κ3) is 2.70. The van der Waals surface area contributed by atoms with E-state index >= 15 is 0 Å². The molecule has 17 heavy (non-hydrogen) atoms. The summed E-state index contributed by atoms with van der Waals surface area (Å²) in [6, 6.07) is 9.54. The van der Waals surface area contributed by atoms with Crippen molar-refractivity contribution in [2.45, 2.75) is 13.3 Å². The zero-order valence-corrected chi connectivity index (χ0v) is 9.55. The zero-order valence-electron chi connectivity index (χ0n) is 9.55. The molecule has 2 aromatic rings. The highest BCUT2D eigenvalue weighted by Gasteiger charge is 2.04. The number of rotatable bonds is 4. The van der Waals surface area contributed by atoms with E-state index in [0.29, 0.717) is 11.8 Å². The second-order valence-corrected chi connectivity index (χ2v) is 3.43. The fourth-order valence-electron chi connectivity index (χ4n) is 1.48. The molecule has 1 heterocycles. The second-order valence-electron chi connectivity index (χ2n) is 3.43. The summed E-state index contributed by atoms with van der Waals surface area (Å²) in [4.78, 5) is 8.01. The number of nitrogen functional groups attached to an aromatic ring is 1. The summed E-state index contributed by atoms with van der Waals surface area (Å²) < 4.78 is 5.70. The number of hydrazine groups is 1. The van der Waals surface area contributed by atoms with Crippen molar-refractivity contribution in [3.63, 3.8) is 0 Å². The van der Waals surface area contributed by atoms with Gasteiger partial charge in [0.05, 0.1) is 0 Å². The molecule has 1 aromatic carbocycles. The molecule has 0 amide bonds. The van der Waals surface area contributed by atoms with E-state index in [1.54, 1.807) is 12.3 Å². The molecule has 0 aliphatic heterocycles. The van der Waals surface area contributed by atoms with E-state index in [9.17, 15) is 0 Å². The maximum absolute atomic E-state index is 5.70. The highest BCUT2D eigenvalue weighted by atomic mass is 16.5. The summed E-state index contributed by atoms with van der Waals surface area (Å²) in [6.07, 6.45) is 2.50. The second kappa shape index (κ2) is 5.27. The number of benzene rings is 1. The fraction of sp³-hybridized carbons (Fsp3) is 0.167. The van der Waals surface area contributed by atoms with Crippen LogP contribution in [0.25, 0.3) is 0 Å². The molecule has 0 fully saturated rings. The van der Waals surface area contributed by atoms with Crippen molar-refractivity contribution < 1.29 is 4.74 Å². The molecular formula is C12H14N4O. The number of para-hydroxylation sites is 1. The lowest BCUT2D eigenvalue weighted by molar-refractivity contribution is 0.457. The van der Waals surface area contributed by atoms with Gasteiger partial charge in [-0.2, -0.15) is 4.98 Å². The maximum Gasteiger partial charge on any atom is 0.240 e. The van der Waals surface area contributed by atoms with E-state index in [2.05, 4.69) is 22.3 Å². The largest absolute Gasteiger partial charge is 0.439 e. The molecule has 88 valence electrons. The molecule has 0 saturated heterocycles. The van der Waals surface area contributed by atoms with E-state index < -0.39 is 0 Å². The van der Waals surface area contributed by atoms with Gasteiger partial charge in [0.25, 0.3) is 0 Å². The van der Waals surface area contributed by atoms with Gasteiger partial charge in [0, 0.05) is 12.3 Å². The molecule has 0 saturated carbocycles. The van der Waals surface area contributed by atoms with Crippen molar-refractivity contribution in [1.29, 1.82) is 0 Å². The standard InChI is InChI=1S/C12H14N4O/c1-2-9-5-3-4-6-10(9)17-11-7-8-14-12(15-11)16-13/h3-8H,2,13H2,1H3,(H,14,15,16). The summed E-state index contributed by atoms with van der Waals surface area (Å²) >= 11 is 0. The normalized spacial score (nSPS) is 10.0. The van der Waals surface area contributed by atoms with Gasteiger partial charge >= 0.3 is 0 Å². The first-order chi connectivity index (χ1) is 8.33. The first-order valence-corrected chi connectivity index (χ1v) is 5.39. The van der Waals surface area contributed by atoms with Gasteiger partial charge in [0.15, 0.2) is 0 Å². The Labute approximate surface area is 99.6 Å². The smallest absolute Gasteiger partial charge is 0.240 e. The Kier molecular flexibility index (Phi) is 3.52. The molecule has 3 N–H and O–H groups in total. The van der Waals surface area contributed by atoms with Crippen LogP contribution in [0.2, 0.25) is 0 Å². The summed E-state index contributed by atoms with van der Waals surface area (Å²) in [6.45, 7) is 2.08. The van der Waals surface area contributed by atoms with Crippen LogP contribution in [0, 0.1) is 0 Å². The third-order valence-electron chi connectivity index (χ3n) is 2.33. The van der Waals surface area contributed by atoms with E-state index in [4.69, 9.17) is 10.6 Å². The van der Waals surface area contributed by atoms with Crippen molar-refractivity contribution in [1.82, 2.24) is 9.97 Å². The Balaban J connectivity index is 2.24. The highest BCUT2D eigenvalue weighted by Crippen LogP contribution is 2.24. The fourth-order valence-corrected chi connectivity index (χ4v) is 1.48. The summed E-state index contributed by atoms with van der Waals surface area (Å²) in [5.41, 5.74) is 3.51. The van der Waals surface area contributed by atoms with E-state index in [0.717, 1.165) is 17.7 Å². The molecule has 5 heteroatoms. The number of nitrogens with two attached hydrogens (primary N) is 1. The van der Waals surface area contributed by atoms with Crippen LogP contribution in [0.1, 0.15) is 12.5 Å². The van der Waals surface area contributed by atoms with Crippen molar-refractivity contribution in [2.24, 2.45) is 5.84 Å². The van der Waals surface area contributed by atoms with Gasteiger partial charge in [0.1, 0.15) is 5.75 Å². The van der Waals surface area contributed by atoms with Crippen LogP contribution in [0.15, 0.2) is 36.5 Å². The Bertz CT molecular complexity index is 501. The molecule has 0 spiro atoms. The number of nitrogens with zero attached hydrogens (tertiary/aromatic N) is 2. The van der Waals surface area contributed by atoms with Gasteiger partial charge in [-0.3, -0.25) is 5.43 Å². The Morgan fingerprint density at radius 1 is 1.29 bits per heavy atom. The summed E-state index contributed by atoms with van der Waals surface area (Å²) in [5.74, 6) is 6.84. The van der Waals surface area contributed by atoms with Gasteiger partial charge in [-0.25, -0.2) is 10.8 Å². The van der Waals surface area contributed by atoms with Crippen molar-refractivity contribution in [3.8, 4) is 11.6 Å². The summed E-state index contributed by atoms with van der Waals surface area (Å²) in [5, 5.41) is 0. The lowest BCUT2D eigenvalue weighted by Crippen LogP contribution is -2.10. The topological polar surface area (TPSA) is 73.1 Å². The zero-order chi connectivity index (χ0) is 12.1. The monoisotopic (exact) mass is 230 g/mol. The minimum Gasteiger partial charge on any atom is -0.439 e. The van der Waals surface area contributed by atoms with Crippen LogP contribution >= 0.6 is 0 Å². The van der Waals surface area contributed by atoms with Gasteiger partial charge in [-0.05, 0) is 18.1 Å². The number of aromatic nitrogens is 2. The number of ether oxygens (including phenoxy) is 1. The van der Waals surface area contributed by atoms with Gasteiger partial charge in [0.2, 0.25) is 11.8 Å².